The molecule has 2 aromatic heterocycles. The van der Waals surface area contributed by atoms with Crippen molar-refractivity contribution in [3.63, 3.8) is 0 Å². The standard InChI is InChI=1S/C11H14ClN3S/c1-2-15-6-5-14-11(15)8-13-7-9-3-4-10(12)16-9/h3-6,13H,2,7-8H2,1H3. The van der Waals surface area contributed by atoms with Gasteiger partial charge in [-0.15, -0.1) is 11.3 Å². The molecule has 1 N–H and O–H groups in total. The molecular formula is C11H14ClN3S. The minimum Gasteiger partial charge on any atom is -0.334 e. The summed E-state index contributed by atoms with van der Waals surface area (Å²) in [7, 11) is 0. The van der Waals surface area contributed by atoms with E-state index in [-0.39, 0.29) is 0 Å². The fourth-order valence-corrected chi connectivity index (χ4v) is 2.60. The zero-order valence-corrected chi connectivity index (χ0v) is 10.7. The molecule has 0 aliphatic heterocycles. The number of nitrogens with zero attached hydrogens (tertiary/aromatic N) is 2. The summed E-state index contributed by atoms with van der Waals surface area (Å²) in [5.41, 5.74) is 0. The lowest BCUT2D eigenvalue weighted by molar-refractivity contribution is 0.616. The van der Waals surface area contributed by atoms with E-state index in [4.69, 9.17) is 11.6 Å². The fraction of sp³-hybridized carbons (Fsp3) is 0.364. The number of aryl methyl sites for hydroxylation is 1. The van der Waals surface area contributed by atoms with Crippen molar-refractivity contribution in [1.82, 2.24) is 14.9 Å². The highest BCUT2D eigenvalue weighted by Gasteiger charge is 2.01. The number of aromatic nitrogens is 2. The van der Waals surface area contributed by atoms with E-state index in [0.29, 0.717) is 0 Å². The maximum Gasteiger partial charge on any atom is 0.122 e. The van der Waals surface area contributed by atoms with Crippen LogP contribution >= 0.6 is 22.9 Å². The molecule has 0 bridgehead atoms. The summed E-state index contributed by atoms with van der Waals surface area (Å²) in [5, 5.41) is 3.36. The predicted molar refractivity (Wildman–Crippen MR) is 67.8 cm³/mol. The summed E-state index contributed by atoms with van der Waals surface area (Å²) < 4.78 is 2.97. The normalized spacial score (nSPS) is 10.9. The minimum absolute atomic E-state index is 0.788. The molecule has 2 heterocycles. The molecule has 86 valence electrons. The summed E-state index contributed by atoms with van der Waals surface area (Å²) >= 11 is 7.47. The third kappa shape index (κ3) is 2.84. The van der Waals surface area contributed by atoms with Gasteiger partial charge in [-0.05, 0) is 19.1 Å². The van der Waals surface area contributed by atoms with Crippen LogP contribution in [0.3, 0.4) is 0 Å². The summed E-state index contributed by atoms with van der Waals surface area (Å²) in [6.07, 6.45) is 3.83. The quantitative estimate of drug-likeness (QED) is 0.890. The zero-order chi connectivity index (χ0) is 11.4. The van der Waals surface area contributed by atoms with Gasteiger partial charge in [-0.25, -0.2) is 4.98 Å². The first kappa shape index (κ1) is 11.6. The van der Waals surface area contributed by atoms with Crippen LogP contribution in [0, 0.1) is 0 Å². The molecule has 16 heavy (non-hydrogen) atoms. The van der Waals surface area contributed by atoms with Crippen LogP contribution in [-0.4, -0.2) is 9.55 Å². The van der Waals surface area contributed by atoms with Gasteiger partial charge >= 0.3 is 0 Å². The van der Waals surface area contributed by atoms with Gasteiger partial charge in [0.05, 0.1) is 10.9 Å². The number of nitrogens with one attached hydrogen (secondary N) is 1. The van der Waals surface area contributed by atoms with E-state index < -0.39 is 0 Å². The van der Waals surface area contributed by atoms with E-state index in [1.807, 2.05) is 24.5 Å². The van der Waals surface area contributed by atoms with Gasteiger partial charge in [0.25, 0.3) is 0 Å². The molecule has 0 aromatic carbocycles. The van der Waals surface area contributed by atoms with Gasteiger partial charge in [0, 0.05) is 30.4 Å². The highest BCUT2D eigenvalue weighted by molar-refractivity contribution is 7.16. The molecule has 5 heteroatoms. The second-order valence-corrected chi connectivity index (χ2v) is 5.24. The monoisotopic (exact) mass is 255 g/mol. The predicted octanol–water partition coefficient (Wildman–Crippen LogP) is 2.91. The topological polar surface area (TPSA) is 29.9 Å². The number of halogens is 1. The first-order valence-electron chi connectivity index (χ1n) is 5.24. The molecule has 3 nitrogen and oxygen atoms in total. The molecule has 0 saturated carbocycles. The van der Waals surface area contributed by atoms with E-state index in [9.17, 15) is 0 Å². The number of rotatable bonds is 5. The van der Waals surface area contributed by atoms with Crippen molar-refractivity contribution < 1.29 is 0 Å². The molecule has 0 fully saturated rings. The molecule has 0 radical (unpaired) electrons. The first-order chi connectivity index (χ1) is 7.79. The van der Waals surface area contributed by atoms with Crippen molar-refractivity contribution in [3.05, 3.63) is 39.6 Å². The molecular weight excluding hydrogens is 242 g/mol. The van der Waals surface area contributed by atoms with Gasteiger partial charge in [0.1, 0.15) is 5.82 Å². The van der Waals surface area contributed by atoms with E-state index in [0.717, 1.165) is 29.8 Å². The fourth-order valence-electron chi connectivity index (χ4n) is 1.54. The van der Waals surface area contributed by atoms with Crippen LogP contribution in [0.15, 0.2) is 24.5 Å². The molecule has 0 spiro atoms. The van der Waals surface area contributed by atoms with Crippen LogP contribution in [0.4, 0.5) is 0 Å². The average Bonchev–Trinajstić information content (AvgIpc) is 2.87. The Morgan fingerprint density at radius 1 is 1.44 bits per heavy atom. The van der Waals surface area contributed by atoms with Crippen molar-refractivity contribution in [3.8, 4) is 0 Å². The number of hydrogen-bond donors (Lipinski definition) is 1. The number of hydrogen-bond acceptors (Lipinski definition) is 3. The van der Waals surface area contributed by atoms with E-state index >= 15 is 0 Å². The molecule has 2 aromatic rings. The Kier molecular flexibility index (Phi) is 3.98. The molecule has 0 unspecified atom stereocenters. The van der Waals surface area contributed by atoms with Crippen LogP contribution in [0.2, 0.25) is 4.34 Å². The van der Waals surface area contributed by atoms with Crippen molar-refractivity contribution >= 4 is 22.9 Å². The second-order valence-electron chi connectivity index (χ2n) is 3.44. The smallest absolute Gasteiger partial charge is 0.122 e. The third-order valence-electron chi connectivity index (χ3n) is 2.35. The third-order valence-corrected chi connectivity index (χ3v) is 3.58. The Balaban J connectivity index is 1.84. The molecule has 0 saturated heterocycles. The van der Waals surface area contributed by atoms with E-state index in [1.165, 1.54) is 4.88 Å². The van der Waals surface area contributed by atoms with Crippen molar-refractivity contribution in [2.45, 2.75) is 26.6 Å². The SMILES string of the molecule is CCn1ccnc1CNCc1ccc(Cl)s1. The lowest BCUT2D eigenvalue weighted by Crippen LogP contribution is -2.15. The Labute approximate surface area is 104 Å². The molecule has 0 amide bonds. The molecule has 0 aliphatic rings. The van der Waals surface area contributed by atoms with Crippen molar-refractivity contribution in [2.75, 3.05) is 0 Å². The van der Waals surface area contributed by atoms with E-state index in [1.54, 1.807) is 11.3 Å². The van der Waals surface area contributed by atoms with Crippen LogP contribution in [0.5, 0.6) is 0 Å². The summed E-state index contributed by atoms with van der Waals surface area (Å²) in [6.45, 7) is 4.70. The number of imidazole rings is 1. The number of thiophene rings is 1. The Hall–Kier alpha value is -0.840. The summed E-state index contributed by atoms with van der Waals surface area (Å²) in [4.78, 5) is 5.55. The Morgan fingerprint density at radius 2 is 2.31 bits per heavy atom. The average molecular weight is 256 g/mol. The van der Waals surface area contributed by atoms with Crippen molar-refractivity contribution in [1.29, 1.82) is 0 Å². The van der Waals surface area contributed by atoms with Gasteiger partial charge in [0.15, 0.2) is 0 Å². The Bertz CT molecular complexity index is 450. The van der Waals surface area contributed by atoms with Gasteiger partial charge in [0.2, 0.25) is 0 Å². The first-order valence-corrected chi connectivity index (χ1v) is 6.44. The second kappa shape index (κ2) is 5.48. The lowest BCUT2D eigenvalue weighted by Gasteiger charge is -2.05. The van der Waals surface area contributed by atoms with Gasteiger partial charge < -0.3 is 9.88 Å². The maximum atomic E-state index is 5.86. The Morgan fingerprint density at radius 3 is 3.00 bits per heavy atom. The van der Waals surface area contributed by atoms with Crippen LogP contribution < -0.4 is 5.32 Å². The van der Waals surface area contributed by atoms with Crippen LogP contribution in [0.25, 0.3) is 0 Å². The molecule has 0 aliphatic carbocycles. The van der Waals surface area contributed by atoms with E-state index in [2.05, 4.69) is 21.8 Å². The van der Waals surface area contributed by atoms with Gasteiger partial charge in [-0.1, -0.05) is 11.6 Å². The van der Waals surface area contributed by atoms with Crippen molar-refractivity contribution in [2.24, 2.45) is 0 Å². The summed E-state index contributed by atoms with van der Waals surface area (Å²) in [5.74, 6) is 1.07. The van der Waals surface area contributed by atoms with Gasteiger partial charge in [-0.3, -0.25) is 0 Å². The van der Waals surface area contributed by atoms with Gasteiger partial charge in [-0.2, -0.15) is 0 Å². The molecule has 0 atom stereocenters. The maximum absolute atomic E-state index is 5.86. The minimum atomic E-state index is 0.788. The summed E-state index contributed by atoms with van der Waals surface area (Å²) in [6, 6.07) is 3.97. The highest BCUT2D eigenvalue weighted by atomic mass is 35.5. The largest absolute Gasteiger partial charge is 0.334 e. The van der Waals surface area contributed by atoms with Crippen LogP contribution in [0.1, 0.15) is 17.6 Å². The lowest BCUT2D eigenvalue weighted by atomic mass is 10.4. The zero-order valence-electron chi connectivity index (χ0n) is 9.11. The highest BCUT2D eigenvalue weighted by Crippen LogP contribution is 2.20. The molecule has 2 rings (SSSR count). The van der Waals surface area contributed by atoms with Crippen LogP contribution in [-0.2, 0) is 19.6 Å².